The molecule has 2 heterocycles. The second-order valence-electron chi connectivity index (χ2n) is 4.51. The summed E-state index contributed by atoms with van der Waals surface area (Å²) in [7, 11) is 1.79. The topological polar surface area (TPSA) is 54.3 Å². The van der Waals surface area contributed by atoms with Gasteiger partial charge in [0.2, 0.25) is 0 Å². The number of nitrogens with zero attached hydrogens (tertiary/aromatic N) is 1. The van der Waals surface area contributed by atoms with Crippen LogP contribution in [0.2, 0.25) is 0 Å². The SMILES string of the molecule is Cn1cc2c(c1C(=O)O)SC(C1CC1)CN2. The van der Waals surface area contributed by atoms with Crippen LogP contribution in [0.4, 0.5) is 5.69 Å². The molecule has 0 saturated heterocycles. The summed E-state index contributed by atoms with van der Waals surface area (Å²) in [6.07, 6.45) is 4.46. The molecule has 0 amide bonds. The smallest absolute Gasteiger partial charge is 0.353 e. The van der Waals surface area contributed by atoms with E-state index in [2.05, 4.69) is 5.32 Å². The molecule has 1 saturated carbocycles. The fraction of sp³-hybridized carbons (Fsp3) is 0.545. The molecule has 86 valence electrons. The Balaban J connectivity index is 1.97. The van der Waals surface area contributed by atoms with Crippen LogP contribution in [0.15, 0.2) is 11.1 Å². The maximum Gasteiger partial charge on any atom is 0.353 e. The maximum absolute atomic E-state index is 11.2. The van der Waals surface area contributed by atoms with E-state index in [-0.39, 0.29) is 0 Å². The molecule has 16 heavy (non-hydrogen) atoms. The van der Waals surface area contributed by atoms with Gasteiger partial charge in [-0.2, -0.15) is 0 Å². The molecule has 2 N–H and O–H groups in total. The number of aryl methyl sites for hydroxylation is 1. The molecule has 3 rings (SSSR count). The first kappa shape index (κ1) is 10.1. The molecule has 1 aromatic rings. The van der Waals surface area contributed by atoms with E-state index in [1.807, 2.05) is 6.20 Å². The lowest BCUT2D eigenvalue weighted by atomic mass is 10.2. The molecular weight excluding hydrogens is 224 g/mol. The number of rotatable bonds is 2. The van der Waals surface area contributed by atoms with Gasteiger partial charge in [0, 0.05) is 25.0 Å². The van der Waals surface area contributed by atoms with Crippen LogP contribution in [0, 0.1) is 5.92 Å². The monoisotopic (exact) mass is 238 g/mol. The number of carbonyl (C=O) groups is 1. The molecule has 4 nitrogen and oxygen atoms in total. The highest BCUT2D eigenvalue weighted by atomic mass is 32.2. The molecule has 0 spiro atoms. The van der Waals surface area contributed by atoms with Crippen molar-refractivity contribution in [2.75, 3.05) is 11.9 Å². The highest BCUT2D eigenvalue weighted by Crippen LogP contribution is 2.47. The molecule has 2 aliphatic rings. The number of carboxylic acids is 1. The first-order chi connectivity index (χ1) is 7.66. The van der Waals surface area contributed by atoms with Crippen molar-refractivity contribution >= 4 is 23.4 Å². The predicted octanol–water partition coefficient (Wildman–Crippen LogP) is 2.02. The van der Waals surface area contributed by atoms with Crippen molar-refractivity contribution in [1.82, 2.24) is 4.57 Å². The highest BCUT2D eigenvalue weighted by molar-refractivity contribution is 8.00. The van der Waals surface area contributed by atoms with Gasteiger partial charge in [-0.05, 0) is 18.8 Å². The summed E-state index contributed by atoms with van der Waals surface area (Å²) in [4.78, 5) is 12.1. The van der Waals surface area contributed by atoms with Gasteiger partial charge in [-0.25, -0.2) is 4.79 Å². The number of hydrogen-bond donors (Lipinski definition) is 2. The van der Waals surface area contributed by atoms with Crippen LogP contribution in [0.3, 0.4) is 0 Å². The van der Waals surface area contributed by atoms with Crippen LogP contribution in [-0.2, 0) is 7.05 Å². The number of anilines is 1. The minimum atomic E-state index is -0.838. The third kappa shape index (κ3) is 1.50. The Hall–Kier alpha value is -1.10. The normalized spacial score (nSPS) is 23.7. The fourth-order valence-corrected chi connectivity index (χ4v) is 3.76. The number of hydrogen-bond acceptors (Lipinski definition) is 3. The van der Waals surface area contributed by atoms with Crippen molar-refractivity contribution in [3.05, 3.63) is 11.9 Å². The van der Waals surface area contributed by atoms with E-state index in [1.54, 1.807) is 23.4 Å². The second kappa shape index (κ2) is 3.45. The lowest BCUT2D eigenvalue weighted by molar-refractivity contribution is 0.0682. The molecule has 1 aromatic heterocycles. The number of thioether (sulfide) groups is 1. The quantitative estimate of drug-likeness (QED) is 0.827. The molecule has 1 aliphatic heterocycles. The van der Waals surface area contributed by atoms with Gasteiger partial charge in [0.1, 0.15) is 5.69 Å². The van der Waals surface area contributed by atoms with Crippen LogP contribution >= 0.6 is 11.8 Å². The minimum absolute atomic E-state index is 0.415. The van der Waals surface area contributed by atoms with E-state index in [4.69, 9.17) is 0 Å². The molecule has 1 aliphatic carbocycles. The van der Waals surface area contributed by atoms with Gasteiger partial charge in [-0.1, -0.05) is 0 Å². The maximum atomic E-state index is 11.2. The van der Waals surface area contributed by atoms with Gasteiger partial charge < -0.3 is 15.0 Å². The molecule has 1 fully saturated rings. The second-order valence-corrected chi connectivity index (χ2v) is 5.76. The molecule has 1 atom stereocenters. The first-order valence-corrected chi connectivity index (χ1v) is 6.38. The van der Waals surface area contributed by atoms with E-state index in [0.29, 0.717) is 10.9 Å². The Morgan fingerprint density at radius 3 is 3.00 bits per heavy atom. The van der Waals surface area contributed by atoms with Crippen molar-refractivity contribution in [2.24, 2.45) is 13.0 Å². The zero-order valence-corrected chi connectivity index (χ0v) is 9.88. The van der Waals surface area contributed by atoms with Crippen molar-refractivity contribution < 1.29 is 9.90 Å². The van der Waals surface area contributed by atoms with E-state index >= 15 is 0 Å². The van der Waals surface area contributed by atoms with E-state index in [1.165, 1.54) is 12.8 Å². The van der Waals surface area contributed by atoms with Crippen LogP contribution in [0.5, 0.6) is 0 Å². The number of aromatic nitrogens is 1. The molecular formula is C11H14N2O2S. The van der Waals surface area contributed by atoms with Crippen molar-refractivity contribution in [1.29, 1.82) is 0 Å². The minimum Gasteiger partial charge on any atom is -0.477 e. The lowest BCUT2D eigenvalue weighted by Gasteiger charge is -2.23. The van der Waals surface area contributed by atoms with Crippen molar-refractivity contribution in [3.63, 3.8) is 0 Å². The third-order valence-electron chi connectivity index (χ3n) is 3.25. The van der Waals surface area contributed by atoms with E-state index in [9.17, 15) is 9.90 Å². The van der Waals surface area contributed by atoms with E-state index in [0.717, 1.165) is 23.0 Å². The predicted molar refractivity (Wildman–Crippen MR) is 63.2 cm³/mol. The molecule has 0 bridgehead atoms. The molecule has 5 heteroatoms. The molecule has 0 radical (unpaired) electrons. The Kier molecular flexibility index (Phi) is 2.17. The lowest BCUT2D eigenvalue weighted by Crippen LogP contribution is -2.23. The summed E-state index contributed by atoms with van der Waals surface area (Å²) in [6, 6.07) is 0. The molecule has 1 unspecified atom stereocenters. The molecule has 0 aromatic carbocycles. The Morgan fingerprint density at radius 2 is 2.38 bits per heavy atom. The summed E-state index contributed by atoms with van der Waals surface area (Å²) in [6.45, 7) is 0.964. The zero-order valence-electron chi connectivity index (χ0n) is 9.06. The Labute approximate surface area is 98.0 Å². The summed E-state index contributed by atoms with van der Waals surface area (Å²) in [5.41, 5.74) is 1.39. The van der Waals surface area contributed by atoms with Crippen LogP contribution < -0.4 is 5.32 Å². The van der Waals surface area contributed by atoms with Gasteiger partial charge in [-0.3, -0.25) is 0 Å². The zero-order chi connectivity index (χ0) is 11.3. The summed E-state index contributed by atoms with van der Waals surface area (Å²) >= 11 is 1.74. The first-order valence-electron chi connectivity index (χ1n) is 5.50. The van der Waals surface area contributed by atoms with Gasteiger partial charge >= 0.3 is 5.97 Å². The van der Waals surface area contributed by atoms with Crippen LogP contribution in [0.25, 0.3) is 0 Å². The number of fused-ring (bicyclic) bond motifs is 1. The average Bonchev–Trinajstić information content (AvgIpc) is 2.99. The van der Waals surface area contributed by atoms with Gasteiger partial charge in [0.05, 0.1) is 10.6 Å². The van der Waals surface area contributed by atoms with Crippen molar-refractivity contribution in [2.45, 2.75) is 23.0 Å². The van der Waals surface area contributed by atoms with Crippen molar-refractivity contribution in [3.8, 4) is 0 Å². The van der Waals surface area contributed by atoms with Crippen LogP contribution in [-0.4, -0.2) is 27.4 Å². The highest BCUT2D eigenvalue weighted by Gasteiger charge is 2.36. The Bertz CT molecular complexity index is 451. The average molecular weight is 238 g/mol. The van der Waals surface area contributed by atoms with Gasteiger partial charge in [0.15, 0.2) is 0 Å². The summed E-state index contributed by atoms with van der Waals surface area (Å²) in [5, 5.41) is 13.1. The number of carboxylic acid groups (broad SMARTS) is 1. The van der Waals surface area contributed by atoms with Gasteiger partial charge in [-0.15, -0.1) is 11.8 Å². The number of nitrogens with one attached hydrogen (secondary N) is 1. The number of aromatic carboxylic acids is 1. The summed E-state index contributed by atoms with van der Waals surface area (Å²) in [5.74, 6) is -0.0537. The largest absolute Gasteiger partial charge is 0.477 e. The summed E-state index contributed by atoms with van der Waals surface area (Å²) < 4.78 is 1.70. The van der Waals surface area contributed by atoms with Gasteiger partial charge in [0.25, 0.3) is 0 Å². The van der Waals surface area contributed by atoms with E-state index < -0.39 is 5.97 Å². The fourth-order valence-electron chi connectivity index (χ4n) is 2.23. The Morgan fingerprint density at radius 1 is 1.62 bits per heavy atom. The standard InChI is InChI=1S/C11H14N2O2S/c1-13-5-7-10(9(13)11(14)15)16-8(4-12-7)6-2-3-6/h5-6,8,12H,2-4H2,1H3,(H,14,15). The third-order valence-corrected chi connectivity index (χ3v) is 4.75. The van der Waals surface area contributed by atoms with Crippen LogP contribution in [0.1, 0.15) is 23.3 Å².